The molecule has 1 atom stereocenters. The van der Waals surface area contributed by atoms with Crippen LogP contribution in [0.4, 0.5) is 4.79 Å². The van der Waals surface area contributed by atoms with Gasteiger partial charge in [-0.1, -0.05) is 37.3 Å². The Morgan fingerprint density at radius 2 is 1.81 bits per heavy atom. The Labute approximate surface area is 126 Å². The molecule has 0 spiro atoms. The van der Waals surface area contributed by atoms with E-state index in [4.69, 9.17) is 4.74 Å². The number of carbonyl (C=O) groups is 1. The maximum atomic E-state index is 12.7. The lowest BCUT2D eigenvalue weighted by Gasteiger charge is -2.43. The summed E-state index contributed by atoms with van der Waals surface area (Å²) in [6.07, 6.45) is 2.21. The molecule has 0 unspecified atom stereocenters. The zero-order valence-electron chi connectivity index (χ0n) is 12.8. The number of benzene rings is 1. The average molecular weight is 288 g/mol. The Kier molecular flexibility index (Phi) is 4.15. The number of rotatable bonds is 1. The quantitative estimate of drug-likeness (QED) is 0.795. The summed E-state index contributed by atoms with van der Waals surface area (Å²) in [7, 11) is 0. The van der Waals surface area contributed by atoms with E-state index in [1.54, 1.807) is 0 Å². The number of hydrogen-bond donors (Lipinski definition) is 0. The number of morpholine rings is 1. The van der Waals surface area contributed by atoms with Crippen LogP contribution in [0.1, 0.15) is 25.3 Å². The SMILES string of the molecule is C[C@]1(c2ccccc2)CCCN(C(=O)N2CCOCC2)C1. The van der Waals surface area contributed by atoms with Crippen LogP contribution in [-0.4, -0.2) is 55.2 Å². The fourth-order valence-corrected chi connectivity index (χ4v) is 3.43. The second-order valence-electron chi connectivity index (χ2n) is 6.33. The van der Waals surface area contributed by atoms with E-state index in [1.807, 2.05) is 15.9 Å². The normalized spacial score (nSPS) is 26.7. The lowest BCUT2D eigenvalue weighted by atomic mass is 9.76. The molecule has 0 N–H and O–H groups in total. The van der Waals surface area contributed by atoms with Crippen molar-refractivity contribution in [2.45, 2.75) is 25.2 Å². The summed E-state index contributed by atoms with van der Waals surface area (Å²) in [5.41, 5.74) is 1.41. The molecule has 0 saturated carbocycles. The van der Waals surface area contributed by atoms with Crippen LogP contribution in [0.3, 0.4) is 0 Å². The number of hydrogen-bond acceptors (Lipinski definition) is 2. The minimum atomic E-state index is 0.0709. The molecule has 3 rings (SSSR count). The van der Waals surface area contributed by atoms with Gasteiger partial charge in [0.15, 0.2) is 0 Å². The molecule has 1 aromatic rings. The lowest BCUT2D eigenvalue weighted by Crippen LogP contribution is -2.54. The van der Waals surface area contributed by atoms with Crippen molar-refractivity contribution in [2.24, 2.45) is 0 Å². The predicted molar refractivity (Wildman–Crippen MR) is 82.4 cm³/mol. The number of carbonyl (C=O) groups excluding carboxylic acids is 1. The van der Waals surface area contributed by atoms with Crippen LogP contribution in [0.2, 0.25) is 0 Å². The molecule has 2 aliphatic heterocycles. The summed E-state index contributed by atoms with van der Waals surface area (Å²) in [5.74, 6) is 0. The Morgan fingerprint density at radius 1 is 1.10 bits per heavy atom. The zero-order chi connectivity index (χ0) is 14.7. The van der Waals surface area contributed by atoms with Gasteiger partial charge in [0.05, 0.1) is 13.2 Å². The molecule has 1 aromatic carbocycles. The first-order valence-corrected chi connectivity index (χ1v) is 7.86. The number of piperidine rings is 1. The Balaban J connectivity index is 1.72. The summed E-state index contributed by atoms with van der Waals surface area (Å²) in [4.78, 5) is 16.6. The maximum Gasteiger partial charge on any atom is 0.320 e. The molecular formula is C17H24N2O2. The van der Waals surface area contributed by atoms with Crippen LogP contribution < -0.4 is 0 Å². The van der Waals surface area contributed by atoms with Gasteiger partial charge in [0.1, 0.15) is 0 Å². The minimum absolute atomic E-state index is 0.0709. The molecule has 2 heterocycles. The highest BCUT2D eigenvalue weighted by Crippen LogP contribution is 2.33. The highest BCUT2D eigenvalue weighted by molar-refractivity contribution is 5.75. The number of urea groups is 1. The Hall–Kier alpha value is -1.55. The zero-order valence-corrected chi connectivity index (χ0v) is 12.8. The molecule has 4 heteroatoms. The molecule has 2 amide bonds. The number of likely N-dealkylation sites (tertiary alicyclic amines) is 1. The van der Waals surface area contributed by atoms with Gasteiger partial charge in [0.2, 0.25) is 0 Å². The van der Waals surface area contributed by atoms with E-state index in [9.17, 15) is 4.79 Å². The third-order valence-corrected chi connectivity index (χ3v) is 4.72. The van der Waals surface area contributed by atoms with Gasteiger partial charge in [-0.15, -0.1) is 0 Å². The predicted octanol–water partition coefficient (Wildman–Crippen LogP) is 2.49. The summed E-state index contributed by atoms with van der Waals surface area (Å²) in [6, 6.07) is 10.8. The molecule has 0 aliphatic carbocycles. The number of amides is 2. The van der Waals surface area contributed by atoms with Gasteiger partial charge in [-0.2, -0.15) is 0 Å². The van der Waals surface area contributed by atoms with E-state index in [0.717, 1.165) is 39.0 Å². The van der Waals surface area contributed by atoms with Gasteiger partial charge in [-0.05, 0) is 18.4 Å². The van der Waals surface area contributed by atoms with E-state index in [-0.39, 0.29) is 11.4 Å². The summed E-state index contributed by atoms with van der Waals surface area (Å²) < 4.78 is 5.34. The molecule has 4 nitrogen and oxygen atoms in total. The molecule has 114 valence electrons. The van der Waals surface area contributed by atoms with Gasteiger partial charge >= 0.3 is 6.03 Å². The molecule has 0 radical (unpaired) electrons. The third kappa shape index (κ3) is 3.05. The average Bonchev–Trinajstić information content (AvgIpc) is 2.56. The molecule has 2 aliphatic rings. The van der Waals surface area contributed by atoms with Gasteiger partial charge in [-0.3, -0.25) is 0 Å². The second kappa shape index (κ2) is 6.06. The summed E-state index contributed by atoms with van der Waals surface area (Å²) >= 11 is 0. The van der Waals surface area contributed by atoms with Gasteiger partial charge in [0, 0.05) is 31.6 Å². The Morgan fingerprint density at radius 3 is 2.52 bits per heavy atom. The van der Waals surface area contributed by atoms with Crippen molar-refractivity contribution in [2.75, 3.05) is 39.4 Å². The first kappa shape index (κ1) is 14.4. The molecule has 21 heavy (non-hydrogen) atoms. The molecule has 2 fully saturated rings. The van der Waals surface area contributed by atoms with E-state index >= 15 is 0 Å². The van der Waals surface area contributed by atoms with Crippen LogP contribution in [0.5, 0.6) is 0 Å². The van der Waals surface area contributed by atoms with E-state index in [1.165, 1.54) is 5.56 Å². The van der Waals surface area contributed by atoms with Crippen molar-refractivity contribution >= 4 is 6.03 Å². The first-order valence-electron chi connectivity index (χ1n) is 7.86. The minimum Gasteiger partial charge on any atom is -0.378 e. The molecule has 2 saturated heterocycles. The van der Waals surface area contributed by atoms with Crippen molar-refractivity contribution in [3.05, 3.63) is 35.9 Å². The van der Waals surface area contributed by atoms with Gasteiger partial charge < -0.3 is 14.5 Å². The van der Waals surface area contributed by atoms with Crippen LogP contribution in [0.15, 0.2) is 30.3 Å². The summed E-state index contributed by atoms with van der Waals surface area (Å²) in [5, 5.41) is 0. The fourth-order valence-electron chi connectivity index (χ4n) is 3.43. The monoisotopic (exact) mass is 288 g/mol. The van der Waals surface area contributed by atoms with E-state index < -0.39 is 0 Å². The van der Waals surface area contributed by atoms with Crippen molar-refractivity contribution in [1.29, 1.82) is 0 Å². The molecule has 0 bridgehead atoms. The van der Waals surface area contributed by atoms with Crippen molar-refractivity contribution in [3.8, 4) is 0 Å². The van der Waals surface area contributed by atoms with Crippen LogP contribution in [0, 0.1) is 0 Å². The number of ether oxygens (including phenoxy) is 1. The van der Waals surface area contributed by atoms with Crippen LogP contribution in [0.25, 0.3) is 0 Å². The molecular weight excluding hydrogens is 264 g/mol. The highest BCUT2D eigenvalue weighted by Gasteiger charge is 2.36. The summed E-state index contributed by atoms with van der Waals surface area (Å²) in [6.45, 7) is 6.73. The number of nitrogens with zero attached hydrogens (tertiary/aromatic N) is 2. The second-order valence-corrected chi connectivity index (χ2v) is 6.33. The standard InChI is InChI=1S/C17H24N2O2/c1-17(15-6-3-2-4-7-15)8-5-9-19(14-17)16(20)18-10-12-21-13-11-18/h2-4,6-7H,5,8-14H2,1H3/t17-/m0/s1. The van der Waals surface area contributed by atoms with Crippen molar-refractivity contribution in [3.63, 3.8) is 0 Å². The van der Waals surface area contributed by atoms with Crippen molar-refractivity contribution < 1.29 is 9.53 Å². The lowest BCUT2D eigenvalue weighted by molar-refractivity contribution is 0.0381. The first-order chi connectivity index (χ1) is 10.2. The van der Waals surface area contributed by atoms with E-state index in [2.05, 4.69) is 31.2 Å². The highest BCUT2D eigenvalue weighted by atomic mass is 16.5. The maximum absolute atomic E-state index is 12.7. The van der Waals surface area contributed by atoms with Gasteiger partial charge in [-0.25, -0.2) is 4.79 Å². The van der Waals surface area contributed by atoms with Crippen molar-refractivity contribution in [1.82, 2.24) is 9.80 Å². The molecule has 0 aromatic heterocycles. The van der Waals surface area contributed by atoms with Crippen LogP contribution in [-0.2, 0) is 10.2 Å². The largest absolute Gasteiger partial charge is 0.378 e. The third-order valence-electron chi connectivity index (χ3n) is 4.72. The smallest absolute Gasteiger partial charge is 0.320 e. The van der Waals surface area contributed by atoms with E-state index in [0.29, 0.717) is 13.2 Å². The van der Waals surface area contributed by atoms with Crippen LogP contribution >= 0.6 is 0 Å². The fraction of sp³-hybridized carbons (Fsp3) is 0.588. The Bertz CT molecular complexity index is 485. The van der Waals surface area contributed by atoms with Gasteiger partial charge in [0.25, 0.3) is 0 Å². The topological polar surface area (TPSA) is 32.8 Å².